The molecule has 4 nitrogen and oxygen atoms in total. The van der Waals surface area contributed by atoms with E-state index in [-0.39, 0.29) is 0 Å². The van der Waals surface area contributed by atoms with Crippen LogP contribution in [0.3, 0.4) is 0 Å². The molecule has 0 spiro atoms. The highest BCUT2D eigenvalue weighted by atomic mass is 79.9. The van der Waals surface area contributed by atoms with Crippen LogP contribution in [-0.2, 0) is 6.54 Å². The Kier molecular flexibility index (Phi) is 4.88. The van der Waals surface area contributed by atoms with Crippen LogP contribution in [-0.4, -0.2) is 9.97 Å². The minimum atomic E-state index is 0.730. The molecule has 0 atom stereocenters. The van der Waals surface area contributed by atoms with Crippen molar-refractivity contribution in [2.45, 2.75) is 13.5 Å². The number of hydrogen-bond donors (Lipinski definition) is 2. The summed E-state index contributed by atoms with van der Waals surface area (Å²) in [5, 5.41) is 6.59. The van der Waals surface area contributed by atoms with E-state index >= 15 is 0 Å². The Morgan fingerprint density at radius 3 is 2.52 bits per heavy atom. The van der Waals surface area contributed by atoms with Gasteiger partial charge in [0.15, 0.2) is 0 Å². The number of aromatic nitrogens is 2. The van der Waals surface area contributed by atoms with E-state index in [4.69, 9.17) is 0 Å². The summed E-state index contributed by atoms with van der Waals surface area (Å²) >= 11 is 3.46. The molecule has 0 saturated carbocycles. The van der Waals surface area contributed by atoms with Gasteiger partial charge in [0.1, 0.15) is 18.0 Å². The molecule has 5 heteroatoms. The maximum Gasteiger partial charge on any atom is 0.135 e. The molecule has 0 bridgehead atoms. The van der Waals surface area contributed by atoms with E-state index in [2.05, 4.69) is 67.7 Å². The molecule has 2 N–H and O–H groups in total. The van der Waals surface area contributed by atoms with Gasteiger partial charge in [0.05, 0.1) is 0 Å². The highest BCUT2D eigenvalue weighted by Crippen LogP contribution is 2.20. The van der Waals surface area contributed by atoms with Crippen LogP contribution in [0.15, 0.2) is 65.4 Å². The second kappa shape index (κ2) is 7.24. The number of aryl methyl sites for hydroxylation is 1. The smallest absolute Gasteiger partial charge is 0.135 e. The van der Waals surface area contributed by atoms with Crippen LogP contribution in [0.4, 0.5) is 17.3 Å². The Labute approximate surface area is 144 Å². The first kappa shape index (κ1) is 15.5. The first-order valence-corrected chi connectivity index (χ1v) is 8.12. The minimum absolute atomic E-state index is 0.730. The largest absolute Gasteiger partial charge is 0.366 e. The Morgan fingerprint density at radius 2 is 1.74 bits per heavy atom. The molecule has 3 aromatic rings. The Bertz CT molecular complexity index is 787. The fraction of sp³-hybridized carbons (Fsp3) is 0.111. The average molecular weight is 369 g/mol. The molecule has 1 aromatic heterocycles. The number of anilines is 3. The van der Waals surface area contributed by atoms with Crippen molar-refractivity contribution in [3.05, 3.63) is 76.5 Å². The average Bonchev–Trinajstić information content (AvgIpc) is 2.55. The van der Waals surface area contributed by atoms with Gasteiger partial charge in [-0.05, 0) is 30.7 Å². The van der Waals surface area contributed by atoms with Gasteiger partial charge in [0, 0.05) is 22.8 Å². The van der Waals surface area contributed by atoms with E-state index in [1.807, 2.05) is 30.3 Å². The normalized spacial score (nSPS) is 10.3. The summed E-state index contributed by atoms with van der Waals surface area (Å²) in [5.41, 5.74) is 3.45. The molecule has 0 aliphatic rings. The topological polar surface area (TPSA) is 49.8 Å². The van der Waals surface area contributed by atoms with E-state index in [9.17, 15) is 0 Å². The van der Waals surface area contributed by atoms with Gasteiger partial charge in [-0.15, -0.1) is 0 Å². The number of nitrogens with one attached hydrogen (secondary N) is 2. The first-order valence-electron chi connectivity index (χ1n) is 7.33. The summed E-state index contributed by atoms with van der Waals surface area (Å²) in [6.07, 6.45) is 1.55. The van der Waals surface area contributed by atoms with E-state index in [0.717, 1.165) is 28.3 Å². The number of benzene rings is 2. The van der Waals surface area contributed by atoms with E-state index in [1.165, 1.54) is 11.1 Å². The van der Waals surface area contributed by atoms with Gasteiger partial charge in [0.25, 0.3) is 0 Å². The second-order valence-corrected chi connectivity index (χ2v) is 6.18. The molecule has 2 aromatic carbocycles. The van der Waals surface area contributed by atoms with E-state index in [1.54, 1.807) is 6.33 Å². The predicted molar refractivity (Wildman–Crippen MR) is 98.0 cm³/mol. The van der Waals surface area contributed by atoms with Crippen molar-refractivity contribution in [2.24, 2.45) is 0 Å². The van der Waals surface area contributed by atoms with Crippen LogP contribution < -0.4 is 10.6 Å². The van der Waals surface area contributed by atoms with E-state index < -0.39 is 0 Å². The van der Waals surface area contributed by atoms with Gasteiger partial charge in [-0.25, -0.2) is 9.97 Å². The molecule has 23 heavy (non-hydrogen) atoms. The SMILES string of the molecule is Cc1ccc(CNc2cc(Nc3cccc(Br)c3)ncn2)cc1. The summed E-state index contributed by atoms with van der Waals surface area (Å²) < 4.78 is 1.02. The van der Waals surface area contributed by atoms with Crippen LogP contribution in [0.25, 0.3) is 0 Å². The summed E-state index contributed by atoms with van der Waals surface area (Å²) in [5.74, 6) is 1.54. The van der Waals surface area contributed by atoms with Gasteiger partial charge in [-0.2, -0.15) is 0 Å². The van der Waals surface area contributed by atoms with Crippen molar-refractivity contribution in [3.8, 4) is 0 Å². The van der Waals surface area contributed by atoms with Crippen molar-refractivity contribution in [3.63, 3.8) is 0 Å². The molecule has 3 rings (SSSR count). The molecule has 0 aliphatic carbocycles. The van der Waals surface area contributed by atoms with Crippen LogP contribution in [0.5, 0.6) is 0 Å². The van der Waals surface area contributed by atoms with Crippen molar-refractivity contribution in [1.82, 2.24) is 9.97 Å². The first-order chi connectivity index (χ1) is 11.2. The maximum atomic E-state index is 4.26. The molecule has 116 valence electrons. The summed E-state index contributed by atoms with van der Waals surface area (Å²) in [6.45, 7) is 2.81. The number of hydrogen-bond acceptors (Lipinski definition) is 4. The highest BCUT2D eigenvalue weighted by molar-refractivity contribution is 9.10. The molecule has 0 saturated heterocycles. The molecular weight excluding hydrogens is 352 g/mol. The van der Waals surface area contributed by atoms with Gasteiger partial charge < -0.3 is 10.6 Å². The zero-order valence-corrected chi connectivity index (χ0v) is 14.3. The van der Waals surface area contributed by atoms with Crippen LogP contribution >= 0.6 is 15.9 Å². The third-order valence-corrected chi connectivity index (χ3v) is 3.85. The van der Waals surface area contributed by atoms with Crippen molar-refractivity contribution >= 4 is 33.3 Å². The minimum Gasteiger partial charge on any atom is -0.366 e. The molecule has 0 unspecified atom stereocenters. The summed E-state index contributed by atoms with van der Waals surface area (Å²) in [4.78, 5) is 8.51. The quantitative estimate of drug-likeness (QED) is 0.672. The van der Waals surface area contributed by atoms with Gasteiger partial charge in [-0.3, -0.25) is 0 Å². The monoisotopic (exact) mass is 368 g/mol. The van der Waals surface area contributed by atoms with Gasteiger partial charge in [-0.1, -0.05) is 51.8 Å². The summed E-state index contributed by atoms with van der Waals surface area (Å²) in [7, 11) is 0. The van der Waals surface area contributed by atoms with Crippen LogP contribution in [0.1, 0.15) is 11.1 Å². The summed E-state index contributed by atoms with van der Waals surface area (Å²) in [6, 6.07) is 18.3. The third-order valence-electron chi connectivity index (χ3n) is 3.36. The number of halogens is 1. The standard InChI is InChI=1S/C18H17BrN4/c1-13-5-7-14(8-6-13)11-20-17-10-18(22-12-21-17)23-16-4-2-3-15(19)9-16/h2-10,12H,11H2,1H3,(H2,20,21,22,23). The molecule has 0 amide bonds. The van der Waals surface area contributed by atoms with Gasteiger partial charge >= 0.3 is 0 Å². The van der Waals surface area contributed by atoms with Crippen molar-refractivity contribution < 1.29 is 0 Å². The van der Waals surface area contributed by atoms with Crippen LogP contribution in [0.2, 0.25) is 0 Å². The van der Waals surface area contributed by atoms with E-state index in [0.29, 0.717) is 0 Å². The molecule has 0 aliphatic heterocycles. The molecule has 0 radical (unpaired) electrons. The Morgan fingerprint density at radius 1 is 0.957 bits per heavy atom. The Hall–Kier alpha value is -2.40. The lowest BCUT2D eigenvalue weighted by molar-refractivity contribution is 1.08. The molecular formula is C18H17BrN4. The number of nitrogens with zero attached hydrogens (tertiary/aromatic N) is 2. The third kappa shape index (κ3) is 4.53. The van der Waals surface area contributed by atoms with Crippen LogP contribution in [0, 0.1) is 6.92 Å². The fourth-order valence-electron chi connectivity index (χ4n) is 2.14. The lowest BCUT2D eigenvalue weighted by Gasteiger charge is -2.09. The fourth-order valence-corrected chi connectivity index (χ4v) is 2.53. The zero-order valence-electron chi connectivity index (χ0n) is 12.8. The molecule has 0 fully saturated rings. The number of rotatable bonds is 5. The second-order valence-electron chi connectivity index (χ2n) is 5.26. The van der Waals surface area contributed by atoms with Crippen molar-refractivity contribution in [2.75, 3.05) is 10.6 Å². The maximum absolute atomic E-state index is 4.26. The Balaban J connectivity index is 1.66. The predicted octanol–water partition coefficient (Wildman–Crippen LogP) is 4.90. The lowest BCUT2D eigenvalue weighted by Crippen LogP contribution is -2.03. The highest BCUT2D eigenvalue weighted by Gasteiger charge is 2.01. The van der Waals surface area contributed by atoms with Crippen molar-refractivity contribution in [1.29, 1.82) is 0 Å². The van der Waals surface area contributed by atoms with Gasteiger partial charge in [0.2, 0.25) is 0 Å². The molecule has 1 heterocycles. The lowest BCUT2D eigenvalue weighted by atomic mass is 10.1. The zero-order chi connectivity index (χ0) is 16.1.